The maximum absolute atomic E-state index is 6.30. The fraction of sp³-hybridized carbons (Fsp3) is 0.560. The second-order valence-corrected chi connectivity index (χ2v) is 10.6. The van der Waals surface area contributed by atoms with Crippen LogP contribution in [0, 0.1) is 18.8 Å². The Labute approximate surface area is 207 Å². The Balaban J connectivity index is 1.44. The molecule has 1 aromatic carbocycles. The lowest BCUT2D eigenvalue weighted by Gasteiger charge is -2.38. The van der Waals surface area contributed by atoms with Gasteiger partial charge >= 0.3 is 0 Å². The number of nitrogens with zero attached hydrogens (tertiary/aromatic N) is 3. The summed E-state index contributed by atoms with van der Waals surface area (Å²) in [6.07, 6.45) is 3.10. The smallest absolute Gasteiger partial charge is 0.231 e. The number of piperidine rings is 1. The molecule has 8 heteroatoms. The van der Waals surface area contributed by atoms with Gasteiger partial charge in [0.25, 0.3) is 0 Å². The molecule has 0 saturated carbocycles. The van der Waals surface area contributed by atoms with Crippen LogP contribution in [0.5, 0.6) is 0 Å². The van der Waals surface area contributed by atoms with Crippen LogP contribution in [0.25, 0.3) is 0 Å². The van der Waals surface area contributed by atoms with Gasteiger partial charge in [-0.3, -0.25) is 0 Å². The van der Waals surface area contributed by atoms with Gasteiger partial charge in [-0.05, 0) is 67.9 Å². The van der Waals surface area contributed by atoms with Gasteiger partial charge in [-0.1, -0.05) is 37.6 Å². The van der Waals surface area contributed by atoms with Crippen molar-refractivity contribution < 1.29 is 4.74 Å². The number of aryl methyl sites for hydroxylation is 1. The topological polar surface area (TPSA) is 62.3 Å². The van der Waals surface area contributed by atoms with Crippen LogP contribution in [0.1, 0.15) is 44.4 Å². The third kappa shape index (κ3) is 6.14. The lowest BCUT2D eigenvalue weighted by molar-refractivity contribution is 0.0515. The molecular weight excluding hydrogens is 454 g/mol. The van der Waals surface area contributed by atoms with Gasteiger partial charge in [0.2, 0.25) is 5.95 Å². The molecule has 178 valence electrons. The van der Waals surface area contributed by atoms with Crippen molar-refractivity contribution in [2.24, 2.45) is 11.8 Å². The standard InChI is InChI=1S/C25H34ClN5OS/c1-17-11-18(2)15-31(14-17)22-12-19(3)28-23(29-22)30-24(33)27-16-25(7-9-32-10-8-25)20-5-4-6-21(26)13-20/h4-6,12-13,17-18H,7-11,14-16H2,1-3H3,(H2,27,28,29,30,33)/t17-,18-/m1/s1. The van der Waals surface area contributed by atoms with Crippen molar-refractivity contribution in [3.8, 4) is 0 Å². The Kier molecular flexibility index (Phi) is 7.72. The van der Waals surface area contributed by atoms with E-state index < -0.39 is 0 Å². The van der Waals surface area contributed by atoms with E-state index in [0.29, 0.717) is 29.4 Å². The predicted octanol–water partition coefficient (Wildman–Crippen LogP) is 4.96. The minimum Gasteiger partial charge on any atom is -0.381 e. The number of aromatic nitrogens is 2. The first-order valence-corrected chi connectivity index (χ1v) is 12.6. The highest BCUT2D eigenvalue weighted by atomic mass is 35.5. The summed E-state index contributed by atoms with van der Waals surface area (Å²) in [7, 11) is 0. The molecule has 6 nitrogen and oxygen atoms in total. The lowest BCUT2D eigenvalue weighted by atomic mass is 9.74. The average Bonchev–Trinajstić information content (AvgIpc) is 2.77. The molecule has 0 unspecified atom stereocenters. The lowest BCUT2D eigenvalue weighted by Crippen LogP contribution is -2.45. The summed E-state index contributed by atoms with van der Waals surface area (Å²) in [6.45, 7) is 10.8. The first-order valence-electron chi connectivity index (χ1n) is 11.8. The molecule has 33 heavy (non-hydrogen) atoms. The fourth-order valence-electron chi connectivity index (χ4n) is 5.16. The van der Waals surface area contributed by atoms with Crippen molar-refractivity contribution >= 4 is 40.7 Å². The van der Waals surface area contributed by atoms with Crippen molar-refractivity contribution in [1.29, 1.82) is 0 Å². The minimum atomic E-state index is -0.0758. The summed E-state index contributed by atoms with van der Waals surface area (Å²) in [5, 5.41) is 7.92. The number of ether oxygens (including phenoxy) is 1. The Hall–Kier alpha value is -1.96. The molecule has 2 saturated heterocycles. The van der Waals surface area contributed by atoms with Gasteiger partial charge in [-0.25, -0.2) is 4.98 Å². The third-order valence-corrected chi connectivity index (χ3v) is 7.21. The van der Waals surface area contributed by atoms with Crippen LogP contribution in [0.3, 0.4) is 0 Å². The van der Waals surface area contributed by atoms with Crippen molar-refractivity contribution in [1.82, 2.24) is 15.3 Å². The van der Waals surface area contributed by atoms with E-state index >= 15 is 0 Å². The Morgan fingerprint density at radius 2 is 1.91 bits per heavy atom. The van der Waals surface area contributed by atoms with Crippen LogP contribution in [-0.2, 0) is 10.2 Å². The molecule has 1 aromatic heterocycles. The molecule has 0 amide bonds. The Morgan fingerprint density at radius 1 is 1.18 bits per heavy atom. The minimum absolute atomic E-state index is 0.0758. The summed E-state index contributed by atoms with van der Waals surface area (Å²) in [6, 6.07) is 10.2. The predicted molar refractivity (Wildman–Crippen MR) is 139 cm³/mol. The normalized spacial score (nSPS) is 22.6. The van der Waals surface area contributed by atoms with Gasteiger partial charge in [0.1, 0.15) is 5.82 Å². The zero-order chi connectivity index (χ0) is 23.4. The molecule has 2 fully saturated rings. The zero-order valence-corrected chi connectivity index (χ0v) is 21.3. The first kappa shape index (κ1) is 24.2. The molecule has 2 aliphatic heterocycles. The van der Waals surface area contributed by atoms with Gasteiger partial charge < -0.3 is 20.3 Å². The number of halogens is 1. The second kappa shape index (κ2) is 10.5. The van der Waals surface area contributed by atoms with Gasteiger partial charge in [-0.15, -0.1) is 0 Å². The van der Waals surface area contributed by atoms with E-state index in [2.05, 4.69) is 52.6 Å². The molecule has 2 aliphatic rings. The van der Waals surface area contributed by atoms with Crippen LogP contribution < -0.4 is 15.5 Å². The molecule has 2 aromatic rings. The molecular formula is C25H34ClN5OS. The number of benzene rings is 1. The number of nitrogens with one attached hydrogen (secondary N) is 2. The number of thiocarbonyl (C=S) groups is 1. The summed E-state index contributed by atoms with van der Waals surface area (Å²) in [5.74, 6) is 2.82. The van der Waals surface area contributed by atoms with Crippen LogP contribution in [0.2, 0.25) is 5.02 Å². The van der Waals surface area contributed by atoms with Crippen LogP contribution in [-0.4, -0.2) is 47.9 Å². The largest absolute Gasteiger partial charge is 0.381 e. The molecule has 4 rings (SSSR count). The van der Waals surface area contributed by atoms with E-state index in [1.807, 2.05) is 19.1 Å². The summed E-state index contributed by atoms with van der Waals surface area (Å²) in [5.41, 5.74) is 2.07. The summed E-state index contributed by atoms with van der Waals surface area (Å²) < 4.78 is 5.64. The molecule has 0 bridgehead atoms. The molecule has 2 atom stereocenters. The van der Waals surface area contributed by atoms with Crippen LogP contribution >= 0.6 is 23.8 Å². The Bertz CT molecular complexity index is 971. The van der Waals surface area contributed by atoms with Gasteiger partial charge in [0.15, 0.2) is 5.11 Å². The van der Waals surface area contributed by atoms with E-state index in [4.69, 9.17) is 33.5 Å². The molecule has 2 N–H and O–H groups in total. The molecule has 0 spiro atoms. The van der Waals surface area contributed by atoms with E-state index in [9.17, 15) is 0 Å². The highest BCUT2D eigenvalue weighted by Crippen LogP contribution is 2.35. The summed E-state index contributed by atoms with van der Waals surface area (Å²) >= 11 is 11.9. The number of rotatable bonds is 5. The first-order chi connectivity index (χ1) is 15.8. The SMILES string of the molecule is Cc1cc(N2C[C@H](C)C[C@@H](C)C2)nc(NC(=S)NCC2(c3cccc(Cl)c3)CCOCC2)n1. The number of hydrogen-bond acceptors (Lipinski definition) is 5. The van der Waals surface area contributed by atoms with Crippen molar-refractivity contribution in [2.45, 2.75) is 45.4 Å². The monoisotopic (exact) mass is 487 g/mol. The molecule has 0 radical (unpaired) electrons. The van der Waals surface area contributed by atoms with Gasteiger partial charge in [0, 0.05) is 55.0 Å². The van der Waals surface area contributed by atoms with Crippen LogP contribution in [0.4, 0.5) is 11.8 Å². The quantitative estimate of drug-likeness (QED) is 0.578. The van der Waals surface area contributed by atoms with E-state index in [1.54, 1.807) is 0 Å². The maximum atomic E-state index is 6.30. The average molecular weight is 488 g/mol. The Morgan fingerprint density at radius 3 is 2.61 bits per heavy atom. The highest BCUT2D eigenvalue weighted by molar-refractivity contribution is 7.80. The van der Waals surface area contributed by atoms with Crippen molar-refractivity contribution in [2.75, 3.05) is 43.1 Å². The van der Waals surface area contributed by atoms with Crippen LogP contribution in [0.15, 0.2) is 30.3 Å². The van der Waals surface area contributed by atoms with E-state index in [1.165, 1.54) is 12.0 Å². The van der Waals surface area contributed by atoms with Gasteiger partial charge in [0.05, 0.1) is 0 Å². The van der Waals surface area contributed by atoms with Crippen molar-refractivity contribution in [3.63, 3.8) is 0 Å². The van der Waals surface area contributed by atoms with E-state index in [-0.39, 0.29) is 5.41 Å². The highest BCUT2D eigenvalue weighted by Gasteiger charge is 2.35. The molecule has 3 heterocycles. The van der Waals surface area contributed by atoms with E-state index in [0.717, 1.165) is 55.7 Å². The second-order valence-electron chi connectivity index (χ2n) is 9.75. The zero-order valence-electron chi connectivity index (χ0n) is 19.7. The fourth-order valence-corrected chi connectivity index (χ4v) is 5.52. The summed E-state index contributed by atoms with van der Waals surface area (Å²) in [4.78, 5) is 11.7. The third-order valence-electron chi connectivity index (χ3n) is 6.73. The number of hydrogen-bond donors (Lipinski definition) is 2. The maximum Gasteiger partial charge on any atom is 0.231 e. The van der Waals surface area contributed by atoms with Crippen molar-refractivity contribution in [3.05, 3.63) is 46.6 Å². The molecule has 0 aliphatic carbocycles. The van der Waals surface area contributed by atoms with Gasteiger partial charge in [-0.2, -0.15) is 4.98 Å². The number of anilines is 2.